The quantitative estimate of drug-likeness (QED) is 0.892. The molecule has 0 radical (unpaired) electrons. The van der Waals surface area contributed by atoms with Gasteiger partial charge in [0.15, 0.2) is 4.67 Å². The summed E-state index contributed by atoms with van der Waals surface area (Å²) < 4.78 is 6.10. The number of nitrogens with one attached hydrogen (secondary N) is 2. The maximum Gasteiger partial charge on any atom is 0.169 e. The Balaban J connectivity index is 1.88. The summed E-state index contributed by atoms with van der Waals surface area (Å²) in [6.45, 7) is 2.67. The second-order valence-electron chi connectivity index (χ2n) is 3.18. The van der Waals surface area contributed by atoms with Crippen LogP contribution in [0, 0.1) is 0 Å². The second kappa shape index (κ2) is 4.59. The van der Waals surface area contributed by atoms with Crippen molar-refractivity contribution in [2.45, 2.75) is 19.5 Å². The molecule has 2 N–H and O–H groups in total. The minimum Gasteiger partial charge on any atom is -0.453 e. The number of hydrogen-bond acceptors (Lipinski definition) is 4. The van der Waals surface area contributed by atoms with Crippen molar-refractivity contribution in [2.24, 2.45) is 0 Å². The van der Waals surface area contributed by atoms with Crippen LogP contribution in [0.5, 0.6) is 0 Å². The molecule has 2 aromatic heterocycles. The highest BCUT2D eigenvalue weighted by molar-refractivity contribution is 9.10. The molecule has 1 unspecified atom stereocenters. The van der Waals surface area contributed by atoms with Gasteiger partial charge in [-0.15, -0.1) is 0 Å². The average molecular weight is 271 g/mol. The Hall–Kier alpha value is -1.14. The first-order chi connectivity index (χ1) is 7.25. The maximum absolute atomic E-state index is 5.36. The second-order valence-corrected chi connectivity index (χ2v) is 3.96. The molecule has 80 valence electrons. The third kappa shape index (κ3) is 2.66. The molecule has 0 aromatic carbocycles. The van der Waals surface area contributed by atoms with Crippen LogP contribution in [0.4, 0.5) is 0 Å². The molecule has 0 saturated carbocycles. The largest absolute Gasteiger partial charge is 0.453 e. The van der Waals surface area contributed by atoms with Crippen LogP contribution in [0.15, 0.2) is 27.5 Å². The summed E-state index contributed by atoms with van der Waals surface area (Å²) in [4.78, 5) is 4.06. The summed E-state index contributed by atoms with van der Waals surface area (Å²) in [6, 6.07) is 3.91. The van der Waals surface area contributed by atoms with Crippen molar-refractivity contribution in [2.75, 3.05) is 0 Å². The van der Waals surface area contributed by atoms with Gasteiger partial charge in [-0.2, -0.15) is 5.10 Å². The molecule has 0 aliphatic heterocycles. The Bertz CT molecular complexity index is 411. The zero-order valence-corrected chi connectivity index (χ0v) is 9.78. The highest BCUT2D eigenvalue weighted by Crippen LogP contribution is 2.14. The Kier molecular flexibility index (Phi) is 3.17. The number of halogens is 1. The van der Waals surface area contributed by atoms with Crippen LogP contribution in [0.25, 0.3) is 0 Å². The lowest BCUT2D eigenvalue weighted by Crippen LogP contribution is -2.18. The zero-order chi connectivity index (χ0) is 10.7. The summed E-state index contributed by atoms with van der Waals surface area (Å²) in [5.41, 5.74) is 0. The SMILES string of the molecule is CC(NCc1ccc(Br)o1)c1ncn[nH]1. The number of aromatic nitrogens is 3. The van der Waals surface area contributed by atoms with Crippen molar-refractivity contribution in [3.8, 4) is 0 Å². The van der Waals surface area contributed by atoms with Gasteiger partial charge in [0.05, 0.1) is 12.6 Å². The molecular formula is C9H11BrN4O. The third-order valence-corrected chi connectivity index (χ3v) is 2.48. The number of nitrogens with zero attached hydrogens (tertiary/aromatic N) is 2. The molecule has 0 amide bonds. The summed E-state index contributed by atoms with van der Waals surface area (Å²) in [5.74, 6) is 1.70. The van der Waals surface area contributed by atoms with E-state index in [9.17, 15) is 0 Å². The minimum absolute atomic E-state index is 0.122. The Morgan fingerprint density at radius 1 is 1.60 bits per heavy atom. The molecular weight excluding hydrogens is 260 g/mol. The van der Waals surface area contributed by atoms with Gasteiger partial charge in [0.1, 0.15) is 17.9 Å². The minimum atomic E-state index is 0.122. The number of H-pyrrole nitrogens is 1. The van der Waals surface area contributed by atoms with E-state index in [1.54, 1.807) is 0 Å². The number of aromatic amines is 1. The lowest BCUT2D eigenvalue weighted by Gasteiger charge is -2.08. The van der Waals surface area contributed by atoms with Crippen LogP contribution in [0.3, 0.4) is 0 Å². The number of rotatable bonds is 4. The van der Waals surface area contributed by atoms with Crippen molar-refractivity contribution in [1.82, 2.24) is 20.5 Å². The smallest absolute Gasteiger partial charge is 0.169 e. The van der Waals surface area contributed by atoms with E-state index in [0.717, 1.165) is 16.3 Å². The number of hydrogen-bond donors (Lipinski definition) is 2. The zero-order valence-electron chi connectivity index (χ0n) is 8.20. The van der Waals surface area contributed by atoms with E-state index in [0.29, 0.717) is 6.54 Å². The van der Waals surface area contributed by atoms with E-state index in [2.05, 4.69) is 36.4 Å². The Labute approximate surface area is 95.4 Å². The first kappa shape index (κ1) is 10.4. The van der Waals surface area contributed by atoms with E-state index in [1.165, 1.54) is 6.33 Å². The molecule has 0 fully saturated rings. The maximum atomic E-state index is 5.36. The van der Waals surface area contributed by atoms with E-state index in [-0.39, 0.29) is 6.04 Å². The van der Waals surface area contributed by atoms with Crippen LogP contribution >= 0.6 is 15.9 Å². The molecule has 5 nitrogen and oxygen atoms in total. The van der Waals surface area contributed by atoms with Crippen LogP contribution in [0.2, 0.25) is 0 Å². The first-order valence-corrected chi connectivity index (χ1v) is 5.38. The topological polar surface area (TPSA) is 66.7 Å². The van der Waals surface area contributed by atoms with Gasteiger partial charge in [-0.25, -0.2) is 4.98 Å². The summed E-state index contributed by atoms with van der Waals surface area (Å²) in [6.07, 6.45) is 1.50. The van der Waals surface area contributed by atoms with Gasteiger partial charge in [-0.1, -0.05) is 0 Å². The molecule has 0 aliphatic carbocycles. The molecule has 2 rings (SSSR count). The van der Waals surface area contributed by atoms with Crippen LogP contribution in [0.1, 0.15) is 24.6 Å². The molecule has 1 atom stereocenters. The van der Waals surface area contributed by atoms with Crippen LogP contribution in [-0.2, 0) is 6.54 Å². The fourth-order valence-electron chi connectivity index (χ4n) is 1.22. The average Bonchev–Trinajstić information content (AvgIpc) is 2.84. The normalized spacial score (nSPS) is 12.9. The lowest BCUT2D eigenvalue weighted by molar-refractivity contribution is 0.441. The van der Waals surface area contributed by atoms with Gasteiger partial charge < -0.3 is 9.73 Å². The first-order valence-electron chi connectivity index (χ1n) is 4.58. The fraction of sp³-hybridized carbons (Fsp3) is 0.333. The fourth-order valence-corrected chi connectivity index (χ4v) is 1.56. The summed E-state index contributed by atoms with van der Waals surface area (Å²) in [5, 5.41) is 9.88. The van der Waals surface area contributed by atoms with Gasteiger partial charge in [0.2, 0.25) is 0 Å². The predicted octanol–water partition coefficient (Wildman–Crippen LogP) is 2.01. The monoisotopic (exact) mass is 270 g/mol. The standard InChI is InChI=1S/C9H11BrN4O/c1-6(9-12-5-13-14-9)11-4-7-2-3-8(10)15-7/h2-3,5-6,11H,4H2,1H3,(H,12,13,14). The van der Waals surface area contributed by atoms with E-state index in [4.69, 9.17) is 4.42 Å². The van der Waals surface area contributed by atoms with Crippen molar-refractivity contribution in [1.29, 1.82) is 0 Å². The predicted molar refractivity (Wildman–Crippen MR) is 58.0 cm³/mol. The van der Waals surface area contributed by atoms with Crippen LogP contribution < -0.4 is 5.32 Å². The molecule has 6 heteroatoms. The van der Waals surface area contributed by atoms with Crippen LogP contribution in [-0.4, -0.2) is 15.2 Å². The van der Waals surface area contributed by atoms with Gasteiger partial charge in [0, 0.05) is 0 Å². The van der Waals surface area contributed by atoms with Crippen molar-refractivity contribution < 1.29 is 4.42 Å². The number of furan rings is 1. The van der Waals surface area contributed by atoms with Crippen molar-refractivity contribution in [3.05, 3.63) is 34.7 Å². The van der Waals surface area contributed by atoms with Gasteiger partial charge in [-0.3, -0.25) is 5.10 Å². The van der Waals surface area contributed by atoms with Crippen molar-refractivity contribution >= 4 is 15.9 Å². The van der Waals surface area contributed by atoms with E-state index >= 15 is 0 Å². The highest BCUT2D eigenvalue weighted by atomic mass is 79.9. The molecule has 15 heavy (non-hydrogen) atoms. The van der Waals surface area contributed by atoms with E-state index in [1.807, 2.05) is 19.1 Å². The van der Waals surface area contributed by atoms with Gasteiger partial charge >= 0.3 is 0 Å². The summed E-state index contributed by atoms with van der Waals surface area (Å²) >= 11 is 3.25. The molecule has 0 saturated heterocycles. The van der Waals surface area contributed by atoms with Gasteiger partial charge in [0.25, 0.3) is 0 Å². The molecule has 0 spiro atoms. The van der Waals surface area contributed by atoms with Crippen molar-refractivity contribution in [3.63, 3.8) is 0 Å². The third-order valence-electron chi connectivity index (χ3n) is 2.06. The Morgan fingerprint density at radius 3 is 3.07 bits per heavy atom. The van der Waals surface area contributed by atoms with Gasteiger partial charge in [-0.05, 0) is 35.0 Å². The van der Waals surface area contributed by atoms with E-state index < -0.39 is 0 Å². The molecule has 0 bridgehead atoms. The Morgan fingerprint density at radius 2 is 2.47 bits per heavy atom. The molecule has 0 aliphatic rings. The lowest BCUT2D eigenvalue weighted by atomic mass is 10.3. The summed E-state index contributed by atoms with van der Waals surface area (Å²) in [7, 11) is 0. The molecule has 2 heterocycles. The highest BCUT2D eigenvalue weighted by Gasteiger charge is 2.08. The molecule has 2 aromatic rings.